The van der Waals surface area contributed by atoms with Crippen LogP contribution in [0.2, 0.25) is 0 Å². The lowest BCUT2D eigenvalue weighted by molar-refractivity contribution is 1.19. The minimum Gasteiger partial charge on any atom is -0.0988 e. The molecule has 0 N–H and O–H groups in total. The Hall–Kier alpha value is -1.56. The van der Waals surface area contributed by atoms with E-state index < -0.39 is 0 Å². The maximum Gasteiger partial charge on any atom is -0.00260 e. The summed E-state index contributed by atoms with van der Waals surface area (Å²) in [5.74, 6) is 0. The van der Waals surface area contributed by atoms with E-state index in [1.54, 1.807) is 0 Å². The fourth-order valence-corrected chi connectivity index (χ4v) is 1.36. The maximum atomic E-state index is 3.83. The molecular weight excluding hydrogens is 180 g/mol. The molecule has 0 saturated carbocycles. The molecule has 1 rings (SSSR count). The van der Waals surface area contributed by atoms with Crippen LogP contribution >= 0.6 is 0 Å². The summed E-state index contributed by atoms with van der Waals surface area (Å²) in [4.78, 5) is 0. The molecule has 0 heteroatoms. The Morgan fingerprint density at radius 3 is 2.47 bits per heavy atom. The number of hydrogen-bond acceptors (Lipinski definition) is 0. The molecule has 1 aromatic rings. The summed E-state index contributed by atoms with van der Waals surface area (Å²) in [5, 5.41) is 0. The van der Waals surface area contributed by atoms with Crippen molar-refractivity contribution < 1.29 is 0 Å². The molecular formula is C15H18. The van der Waals surface area contributed by atoms with Crippen molar-refractivity contribution in [1.82, 2.24) is 0 Å². The number of aryl methyl sites for hydroxylation is 1. The molecule has 0 fully saturated rings. The van der Waals surface area contributed by atoms with Gasteiger partial charge in [-0.2, -0.15) is 0 Å². The summed E-state index contributed by atoms with van der Waals surface area (Å²) in [7, 11) is 0. The second-order valence-electron chi connectivity index (χ2n) is 3.63. The zero-order valence-corrected chi connectivity index (χ0v) is 9.53. The summed E-state index contributed by atoms with van der Waals surface area (Å²) in [6, 6.07) is 8.63. The Morgan fingerprint density at radius 1 is 1.27 bits per heavy atom. The topological polar surface area (TPSA) is 0 Å². The number of benzene rings is 1. The molecule has 0 radical (unpaired) electrons. The summed E-state index contributed by atoms with van der Waals surface area (Å²) >= 11 is 0. The van der Waals surface area contributed by atoms with E-state index in [4.69, 9.17) is 0 Å². The highest BCUT2D eigenvalue weighted by atomic mass is 14.0. The number of allylic oxidation sites excluding steroid dienone is 5. The molecule has 78 valence electrons. The molecule has 0 aliphatic carbocycles. The third-order valence-electron chi connectivity index (χ3n) is 2.29. The molecule has 0 spiro atoms. The minimum atomic E-state index is 0.952. The Bertz CT molecular complexity index is 364. The molecule has 1 aromatic carbocycles. The molecule has 15 heavy (non-hydrogen) atoms. The van der Waals surface area contributed by atoms with Crippen molar-refractivity contribution in [3.05, 3.63) is 71.8 Å². The van der Waals surface area contributed by atoms with Gasteiger partial charge in [0.2, 0.25) is 0 Å². The van der Waals surface area contributed by atoms with Crippen LogP contribution in [0, 0.1) is 6.92 Å². The molecule has 0 aliphatic rings. The fraction of sp³-hybridized carbons (Fsp3) is 0.200. The largest absolute Gasteiger partial charge is 0.0988 e. The first kappa shape index (κ1) is 11.5. The van der Waals surface area contributed by atoms with Crippen molar-refractivity contribution in [2.24, 2.45) is 0 Å². The zero-order chi connectivity index (χ0) is 11.1. The standard InChI is InChI=1S/C15H18/c1-4-6-7-14(5-2)12-15-10-8-13(3)9-11-15/h4-11H,2,12H2,1,3H3/b6-4-,14-7+. The second-order valence-corrected chi connectivity index (χ2v) is 3.63. The van der Waals surface area contributed by atoms with Crippen molar-refractivity contribution in [2.45, 2.75) is 20.3 Å². The van der Waals surface area contributed by atoms with E-state index in [-0.39, 0.29) is 0 Å². The van der Waals surface area contributed by atoms with Crippen LogP contribution in [0.5, 0.6) is 0 Å². The van der Waals surface area contributed by atoms with Gasteiger partial charge in [0.15, 0.2) is 0 Å². The van der Waals surface area contributed by atoms with Crippen molar-refractivity contribution in [3.63, 3.8) is 0 Å². The van der Waals surface area contributed by atoms with E-state index in [1.807, 2.05) is 25.2 Å². The van der Waals surface area contributed by atoms with Gasteiger partial charge >= 0.3 is 0 Å². The Kier molecular flexibility index (Phi) is 4.62. The lowest BCUT2D eigenvalue weighted by Gasteiger charge is -2.02. The zero-order valence-electron chi connectivity index (χ0n) is 9.53. The second kappa shape index (κ2) is 6.02. The number of rotatable bonds is 4. The Balaban J connectivity index is 2.75. The van der Waals surface area contributed by atoms with Gasteiger partial charge in [-0.3, -0.25) is 0 Å². The van der Waals surface area contributed by atoms with E-state index in [1.165, 1.54) is 16.7 Å². The number of hydrogen-bond donors (Lipinski definition) is 0. The molecule has 0 aromatic heterocycles. The lowest BCUT2D eigenvalue weighted by Crippen LogP contribution is -1.87. The van der Waals surface area contributed by atoms with Crippen LogP contribution < -0.4 is 0 Å². The van der Waals surface area contributed by atoms with Gasteiger partial charge in [0.05, 0.1) is 0 Å². The Labute approximate surface area is 92.6 Å². The van der Waals surface area contributed by atoms with Crippen LogP contribution in [0.4, 0.5) is 0 Å². The van der Waals surface area contributed by atoms with Gasteiger partial charge in [-0.05, 0) is 31.4 Å². The van der Waals surface area contributed by atoms with Gasteiger partial charge in [0, 0.05) is 0 Å². The van der Waals surface area contributed by atoms with Crippen LogP contribution in [0.3, 0.4) is 0 Å². The van der Waals surface area contributed by atoms with Crippen LogP contribution in [0.25, 0.3) is 0 Å². The molecule has 0 bridgehead atoms. The van der Waals surface area contributed by atoms with Crippen LogP contribution in [0.15, 0.2) is 60.7 Å². The third kappa shape index (κ3) is 3.99. The van der Waals surface area contributed by atoms with Gasteiger partial charge in [0.25, 0.3) is 0 Å². The van der Waals surface area contributed by atoms with Gasteiger partial charge < -0.3 is 0 Å². The first-order valence-corrected chi connectivity index (χ1v) is 5.26. The van der Waals surface area contributed by atoms with Gasteiger partial charge in [-0.1, -0.05) is 60.7 Å². The van der Waals surface area contributed by atoms with E-state index in [2.05, 4.69) is 43.8 Å². The van der Waals surface area contributed by atoms with E-state index in [0.717, 1.165) is 6.42 Å². The van der Waals surface area contributed by atoms with Crippen LogP contribution in [-0.2, 0) is 6.42 Å². The molecule has 0 saturated heterocycles. The molecule has 0 unspecified atom stereocenters. The van der Waals surface area contributed by atoms with Gasteiger partial charge in [0.1, 0.15) is 0 Å². The molecule has 0 heterocycles. The van der Waals surface area contributed by atoms with Gasteiger partial charge in [-0.15, -0.1) is 0 Å². The highest BCUT2D eigenvalue weighted by molar-refractivity contribution is 5.31. The van der Waals surface area contributed by atoms with Crippen molar-refractivity contribution in [2.75, 3.05) is 0 Å². The smallest absolute Gasteiger partial charge is 0.00260 e. The van der Waals surface area contributed by atoms with E-state index >= 15 is 0 Å². The molecule has 0 aliphatic heterocycles. The van der Waals surface area contributed by atoms with Crippen molar-refractivity contribution in [1.29, 1.82) is 0 Å². The maximum absolute atomic E-state index is 3.83. The lowest BCUT2D eigenvalue weighted by atomic mass is 10.0. The first-order chi connectivity index (χ1) is 7.26. The molecule has 0 amide bonds. The fourth-order valence-electron chi connectivity index (χ4n) is 1.36. The summed E-state index contributed by atoms with van der Waals surface area (Å²) in [5.41, 5.74) is 3.88. The Morgan fingerprint density at radius 2 is 1.93 bits per heavy atom. The average Bonchev–Trinajstić information content (AvgIpc) is 2.27. The predicted molar refractivity (Wildman–Crippen MR) is 68.0 cm³/mol. The summed E-state index contributed by atoms with van der Waals surface area (Å²) in [6.45, 7) is 7.95. The van der Waals surface area contributed by atoms with E-state index in [9.17, 15) is 0 Å². The van der Waals surface area contributed by atoms with E-state index in [0.29, 0.717) is 0 Å². The van der Waals surface area contributed by atoms with Crippen LogP contribution in [0.1, 0.15) is 18.1 Å². The van der Waals surface area contributed by atoms with Crippen molar-refractivity contribution >= 4 is 0 Å². The quantitative estimate of drug-likeness (QED) is 0.635. The SMILES string of the molecule is C=C/C(=C\C=C/C)Cc1ccc(C)cc1. The highest BCUT2D eigenvalue weighted by Crippen LogP contribution is 2.10. The van der Waals surface area contributed by atoms with Crippen molar-refractivity contribution in [3.8, 4) is 0 Å². The highest BCUT2D eigenvalue weighted by Gasteiger charge is 1.94. The normalized spacial score (nSPS) is 12.0. The predicted octanol–water partition coefficient (Wildman–Crippen LogP) is 4.23. The summed E-state index contributed by atoms with van der Waals surface area (Å²) < 4.78 is 0. The van der Waals surface area contributed by atoms with Gasteiger partial charge in [-0.25, -0.2) is 0 Å². The first-order valence-electron chi connectivity index (χ1n) is 5.26. The molecule has 0 atom stereocenters. The van der Waals surface area contributed by atoms with Crippen LogP contribution in [-0.4, -0.2) is 0 Å². The minimum absolute atomic E-state index is 0.952. The molecule has 0 nitrogen and oxygen atoms in total. The summed E-state index contributed by atoms with van der Waals surface area (Å²) in [6.07, 6.45) is 9.05. The third-order valence-corrected chi connectivity index (χ3v) is 2.29. The monoisotopic (exact) mass is 198 g/mol. The average molecular weight is 198 g/mol.